The molecule has 0 aliphatic heterocycles. The zero-order valence-corrected chi connectivity index (χ0v) is 22.1. The van der Waals surface area contributed by atoms with Crippen molar-refractivity contribution in [3.05, 3.63) is 76.2 Å². The number of carbonyl (C=O) groups excluding carboxylic acids is 2. The molecule has 0 spiro atoms. The van der Waals surface area contributed by atoms with Crippen LogP contribution in [0.2, 0.25) is 0 Å². The highest BCUT2D eigenvalue weighted by Gasteiger charge is 2.34. The summed E-state index contributed by atoms with van der Waals surface area (Å²) in [7, 11) is 1.37. The van der Waals surface area contributed by atoms with E-state index in [2.05, 4.69) is 26.1 Å². The van der Waals surface area contributed by atoms with E-state index in [9.17, 15) is 9.59 Å². The topological polar surface area (TPSA) is 73.9 Å². The standard InChI is InChI=1S/C29H33NO5S/c1-29(2,3)19-14-15-22-24(18-19)36-27(25(22)28(32)33-4)30-26(31)21-12-8-9-13-23(21)35-17-16-34-20-10-6-5-7-11-20/h5-13,19H,14-18H2,1-4H3,(H,30,31). The van der Waals surface area contributed by atoms with Crippen LogP contribution in [0.3, 0.4) is 0 Å². The Hall–Kier alpha value is -3.32. The number of hydrogen-bond donors (Lipinski definition) is 1. The van der Waals surface area contributed by atoms with Gasteiger partial charge in [0.15, 0.2) is 0 Å². The van der Waals surface area contributed by atoms with Crippen LogP contribution >= 0.6 is 11.3 Å². The maximum atomic E-state index is 13.3. The van der Waals surface area contributed by atoms with E-state index in [4.69, 9.17) is 14.2 Å². The van der Waals surface area contributed by atoms with E-state index >= 15 is 0 Å². The number of amides is 1. The number of hydrogen-bond acceptors (Lipinski definition) is 6. The SMILES string of the molecule is COC(=O)c1c(NC(=O)c2ccccc2OCCOc2ccccc2)sc2c1CCC(C(C)(C)C)C2. The number of fused-ring (bicyclic) bond motifs is 1. The molecule has 1 aliphatic rings. The molecule has 1 N–H and O–H groups in total. The summed E-state index contributed by atoms with van der Waals surface area (Å²) in [6.45, 7) is 7.39. The van der Waals surface area contributed by atoms with Crippen LogP contribution < -0.4 is 14.8 Å². The minimum absolute atomic E-state index is 0.178. The fourth-order valence-corrected chi connectivity index (χ4v) is 5.82. The molecule has 0 saturated carbocycles. The quantitative estimate of drug-likeness (QED) is 0.282. The molecule has 6 nitrogen and oxygen atoms in total. The molecular weight excluding hydrogens is 474 g/mol. The first-order valence-electron chi connectivity index (χ1n) is 12.2. The van der Waals surface area contributed by atoms with Gasteiger partial charge in [0, 0.05) is 4.88 Å². The zero-order valence-electron chi connectivity index (χ0n) is 21.3. The summed E-state index contributed by atoms with van der Waals surface area (Å²) >= 11 is 1.48. The Morgan fingerprint density at radius 3 is 2.42 bits per heavy atom. The second-order valence-corrected chi connectivity index (χ2v) is 11.1. The Kier molecular flexibility index (Phi) is 7.99. The number of nitrogens with one attached hydrogen (secondary N) is 1. The fraction of sp³-hybridized carbons (Fsp3) is 0.379. The molecule has 1 amide bonds. The molecule has 0 bridgehead atoms. The summed E-state index contributed by atoms with van der Waals surface area (Å²) < 4.78 is 16.6. The highest BCUT2D eigenvalue weighted by molar-refractivity contribution is 7.17. The number of benzene rings is 2. The smallest absolute Gasteiger partial charge is 0.341 e. The van der Waals surface area contributed by atoms with Gasteiger partial charge in [-0.2, -0.15) is 0 Å². The molecule has 3 aromatic rings. The molecule has 0 fully saturated rings. The highest BCUT2D eigenvalue weighted by Crippen LogP contribution is 2.44. The Bertz CT molecular complexity index is 1210. The Balaban J connectivity index is 1.49. The van der Waals surface area contributed by atoms with Gasteiger partial charge in [-0.1, -0.05) is 51.1 Å². The van der Waals surface area contributed by atoms with Crippen LogP contribution in [-0.4, -0.2) is 32.2 Å². The van der Waals surface area contributed by atoms with E-state index in [0.29, 0.717) is 34.4 Å². The van der Waals surface area contributed by atoms with Crippen LogP contribution in [0.5, 0.6) is 11.5 Å². The maximum Gasteiger partial charge on any atom is 0.341 e. The van der Waals surface area contributed by atoms with Crippen molar-refractivity contribution >= 4 is 28.2 Å². The molecule has 0 radical (unpaired) electrons. The summed E-state index contributed by atoms with van der Waals surface area (Å²) in [6.07, 6.45) is 2.70. The van der Waals surface area contributed by atoms with Crippen molar-refractivity contribution in [1.29, 1.82) is 0 Å². The largest absolute Gasteiger partial charge is 0.490 e. The van der Waals surface area contributed by atoms with Crippen molar-refractivity contribution in [1.82, 2.24) is 0 Å². The molecule has 1 unspecified atom stereocenters. The average molecular weight is 508 g/mol. The van der Waals surface area contributed by atoms with Crippen molar-refractivity contribution in [2.24, 2.45) is 11.3 Å². The third-order valence-electron chi connectivity index (χ3n) is 6.59. The summed E-state index contributed by atoms with van der Waals surface area (Å²) in [5, 5.41) is 3.51. The van der Waals surface area contributed by atoms with Crippen LogP contribution in [0, 0.1) is 11.3 Å². The van der Waals surface area contributed by atoms with E-state index < -0.39 is 5.97 Å². The van der Waals surface area contributed by atoms with Crippen molar-refractivity contribution in [2.45, 2.75) is 40.0 Å². The molecule has 1 aliphatic carbocycles. The molecule has 4 rings (SSSR count). The second-order valence-electron chi connectivity index (χ2n) is 9.97. The Morgan fingerprint density at radius 1 is 1.00 bits per heavy atom. The van der Waals surface area contributed by atoms with Gasteiger partial charge in [-0.05, 0) is 60.4 Å². The predicted octanol–water partition coefficient (Wildman–Crippen LogP) is 6.40. The number of anilines is 1. The van der Waals surface area contributed by atoms with Crippen LogP contribution in [0.4, 0.5) is 5.00 Å². The van der Waals surface area contributed by atoms with E-state index in [1.807, 2.05) is 36.4 Å². The lowest BCUT2D eigenvalue weighted by Crippen LogP contribution is -2.26. The third-order valence-corrected chi connectivity index (χ3v) is 7.76. The molecule has 2 aromatic carbocycles. The van der Waals surface area contributed by atoms with Gasteiger partial charge in [0.05, 0.1) is 18.2 Å². The van der Waals surface area contributed by atoms with Crippen molar-refractivity contribution in [3.8, 4) is 11.5 Å². The fourth-order valence-electron chi connectivity index (χ4n) is 4.51. The lowest BCUT2D eigenvalue weighted by molar-refractivity contribution is 0.0600. The van der Waals surface area contributed by atoms with Crippen LogP contribution in [0.15, 0.2) is 54.6 Å². The normalized spacial score (nSPS) is 15.1. The first-order valence-corrected chi connectivity index (χ1v) is 13.0. The van der Waals surface area contributed by atoms with Gasteiger partial charge in [0.1, 0.15) is 29.7 Å². The summed E-state index contributed by atoms with van der Waals surface area (Å²) in [4.78, 5) is 27.2. The van der Waals surface area contributed by atoms with Gasteiger partial charge in [0.2, 0.25) is 0 Å². The number of methoxy groups -OCH3 is 1. The first-order chi connectivity index (χ1) is 17.3. The van der Waals surface area contributed by atoms with Crippen LogP contribution in [-0.2, 0) is 17.6 Å². The first kappa shape index (κ1) is 25.8. The van der Waals surface area contributed by atoms with Gasteiger partial charge in [-0.3, -0.25) is 4.79 Å². The lowest BCUT2D eigenvalue weighted by atomic mass is 9.72. The molecule has 1 atom stereocenters. The average Bonchev–Trinajstić information content (AvgIpc) is 3.23. The molecule has 7 heteroatoms. The molecule has 190 valence electrons. The second kappa shape index (κ2) is 11.2. The number of carbonyl (C=O) groups is 2. The Labute approximate surface area is 216 Å². The zero-order chi connectivity index (χ0) is 25.7. The monoisotopic (exact) mass is 507 g/mol. The van der Waals surface area contributed by atoms with E-state index in [1.54, 1.807) is 18.2 Å². The predicted molar refractivity (Wildman–Crippen MR) is 142 cm³/mol. The van der Waals surface area contributed by atoms with Gasteiger partial charge in [-0.15, -0.1) is 11.3 Å². The van der Waals surface area contributed by atoms with Crippen molar-refractivity contribution in [2.75, 3.05) is 25.6 Å². The van der Waals surface area contributed by atoms with Crippen LogP contribution in [0.25, 0.3) is 0 Å². The van der Waals surface area contributed by atoms with E-state index in [0.717, 1.165) is 35.5 Å². The number of para-hydroxylation sites is 2. The van der Waals surface area contributed by atoms with E-state index in [-0.39, 0.29) is 17.9 Å². The highest BCUT2D eigenvalue weighted by atomic mass is 32.1. The number of thiophene rings is 1. The summed E-state index contributed by atoms with van der Waals surface area (Å²) in [5.74, 6) is 0.994. The summed E-state index contributed by atoms with van der Waals surface area (Å²) in [5.41, 5.74) is 2.06. The van der Waals surface area contributed by atoms with E-state index in [1.165, 1.54) is 18.4 Å². The summed E-state index contributed by atoms with van der Waals surface area (Å²) in [6, 6.07) is 16.6. The molecule has 1 heterocycles. The van der Waals surface area contributed by atoms with Gasteiger partial charge in [0.25, 0.3) is 5.91 Å². The number of ether oxygens (including phenoxy) is 3. The molecule has 0 saturated heterocycles. The molecular formula is C29H33NO5S. The number of rotatable bonds is 8. The Morgan fingerprint density at radius 2 is 1.69 bits per heavy atom. The lowest BCUT2D eigenvalue weighted by Gasteiger charge is -2.33. The number of esters is 1. The van der Waals surface area contributed by atoms with Gasteiger partial charge >= 0.3 is 5.97 Å². The minimum Gasteiger partial charge on any atom is -0.490 e. The molecule has 1 aromatic heterocycles. The maximum absolute atomic E-state index is 13.3. The van der Waals surface area contributed by atoms with Crippen LogP contribution in [0.1, 0.15) is 58.3 Å². The molecule has 36 heavy (non-hydrogen) atoms. The third kappa shape index (κ3) is 5.90. The van der Waals surface area contributed by atoms with Crippen molar-refractivity contribution in [3.63, 3.8) is 0 Å². The van der Waals surface area contributed by atoms with Gasteiger partial charge < -0.3 is 19.5 Å². The van der Waals surface area contributed by atoms with Gasteiger partial charge in [-0.25, -0.2) is 4.79 Å². The van der Waals surface area contributed by atoms with Crippen molar-refractivity contribution < 1.29 is 23.8 Å². The minimum atomic E-state index is -0.417.